The van der Waals surface area contributed by atoms with E-state index in [0.29, 0.717) is 11.4 Å². The number of aryl methyl sites for hydroxylation is 2. The summed E-state index contributed by atoms with van der Waals surface area (Å²) in [5, 5.41) is 3.26. The highest BCUT2D eigenvalue weighted by Gasteiger charge is 2.25. The number of aromatic nitrogens is 3. The van der Waals surface area contributed by atoms with E-state index in [1.165, 1.54) is 24.2 Å². The van der Waals surface area contributed by atoms with Crippen LogP contribution in [-0.2, 0) is 13.0 Å². The summed E-state index contributed by atoms with van der Waals surface area (Å²) in [6.45, 7) is 2.63. The number of alkyl halides is 2. The zero-order chi connectivity index (χ0) is 19.6. The third kappa shape index (κ3) is 4.45. The average molecular weight is 389 g/mol. The van der Waals surface area contributed by atoms with Crippen molar-refractivity contribution in [2.45, 2.75) is 24.7 Å². The summed E-state index contributed by atoms with van der Waals surface area (Å²) in [7, 11) is 3.76. The van der Waals surface area contributed by atoms with E-state index in [4.69, 9.17) is 0 Å². The van der Waals surface area contributed by atoms with Crippen molar-refractivity contribution in [2.24, 2.45) is 7.05 Å². The molecule has 8 heteroatoms. The topological polar surface area (TPSA) is 54.8 Å². The lowest BCUT2D eigenvalue weighted by Crippen LogP contribution is -2.09. The van der Waals surface area contributed by atoms with Crippen LogP contribution in [0, 0.1) is 6.92 Å². The molecule has 0 aliphatic carbocycles. The van der Waals surface area contributed by atoms with E-state index >= 15 is 0 Å². The normalized spacial score (nSPS) is 11.6. The summed E-state index contributed by atoms with van der Waals surface area (Å²) < 4.78 is 32.0. The van der Waals surface area contributed by atoms with Crippen LogP contribution in [0.3, 0.4) is 0 Å². The number of anilines is 2. The highest BCUT2D eigenvalue weighted by molar-refractivity contribution is 7.97. The summed E-state index contributed by atoms with van der Waals surface area (Å²) in [5.41, 5.74) is 3.07. The molecule has 0 saturated heterocycles. The van der Waals surface area contributed by atoms with Crippen molar-refractivity contribution in [1.29, 1.82) is 0 Å². The molecular formula is C19H21F2N5S. The number of halogens is 2. The van der Waals surface area contributed by atoms with Gasteiger partial charge in [-0.1, -0.05) is 0 Å². The van der Waals surface area contributed by atoms with Crippen LogP contribution in [0.1, 0.15) is 18.1 Å². The van der Waals surface area contributed by atoms with Crippen LogP contribution >= 0.6 is 11.9 Å². The minimum Gasteiger partial charge on any atom is -0.340 e. The number of rotatable bonds is 6. The van der Waals surface area contributed by atoms with Crippen molar-refractivity contribution in [3.63, 3.8) is 0 Å². The van der Waals surface area contributed by atoms with E-state index in [0.717, 1.165) is 28.8 Å². The molecule has 0 amide bonds. The van der Waals surface area contributed by atoms with Crippen LogP contribution < -0.4 is 10.0 Å². The predicted molar refractivity (Wildman–Crippen MR) is 105 cm³/mol. The van der Waals surface area contributed by atoms with Gasteiger partial charge in [0.1, 0.15) is 5.82 Å². The van der Waals surface area contributed by atoms with Crippen LogP contribution in [0.5, 0.6) is 0 Å². The fourth-order valence-corrected chi connectivity index (χ4v) is 3.20. The molecule has 0 spiro atoms. The molecule has 0 unspecified atom stereocenters. The molecule has 5 nitrogen and oxygen atoms in total. The van der Waals surface area contributed by atoms with Crippen molar-refractivity contribution in [3.05, 3.63) is 54.1 Å². The quantitative estimate of drug-likeness (QED) is 0.589. The van der Waals surface area contributed by atoms with E-state index < -0.39 is 5.92 Å². The third-order valence-corrected chi connectivity index (χ3v) is 4.72. The molecule has 0 aliphatic rings. The van der Waals surface area contributed by atoms with E-state index in [1.54, 1.807) is 13.3 Å². The minimum atomic E-state index is -2.92. The monoisotopic (exact) mass is 389 g/mol. The van der Waals surface area contributed by atoms with Crippen LogP contribution in [-0.4, -0.2) is 21.6 Å². The Morgan fingerprint density at radius 2 is 1.96 bits per heavy atom. The van der Waals surface area contributed by atoms with Gasteiger partial charge in [-0.2, -0.15) is 0 Å². The van der Waals surface area contributed by atoms with Gasteiger partial charge in [-0.15, -0.1) is 0 Å². The molecule has 2 N–H and O–H groups in total. The second kappa shape index (κ2) is 7.66. The summed E-state index contributed by atoms with van der Waals surface area (Å²) in [4.78, 5) is 9.67. The Bertz CT molecular complexity index is 950. The van der Waals surface area contributed by atoms with Gasteiger partial charge in [-0.25, -0.2) is 18.7 Å². The molecule has 1 aromatic carbocycles. The lowest BCUT2D eigenvalue weighted by atomic mass is 10.1. The molecule has 142 valence electrons. The van der Waals surface area contributed by atoms with Crippen molar-refractivity contribution in [2.75, 3.05) is 12.4 Å². The van der Waals surface area contributed by atoms with Crippen molar-refractivity contribution >= 4 is 23.5 Å². The number of nitrogens with zero attached hydrogens (tertiary/aromatic N) is 3. The van der Waals surface area contributed by atoms with Crippen molar-refractivity contribution in [1.82, 2.24) is 19.3 Å². The SMILES string of the molecule is CNSc1ccc(Nc2ncc(C(C)(F)F)cc2C)c(-c2cn(C)cn2)c1. The molecule has 3 aromatic rings. The summed E-state index contributed by atoms with van der Waals surface area (Å²) >= 11 is 1.50. The number of pyridine rings is 1. The fourth-order valence-electron chi connectivity index (χ4n) is 2.65. The standard InChI is InChI=1S/C19H21F2N5S/c1-12-7-13(19(2,20)21)9-23-18(12)25-16-6-5-14(27-22-3)8-15(16)17-10-26(4)11-24-17/h5-11,22H,1-4H3,(H,23,25). The second-order valence-corrected chi connectivity index (χ2v) is 7.42. The van der Waals surface area contributed by atoms with Gasteiger partial charge in [-0.05, 0) is 55.7 Å². The van der Waals surface area contributed by atoms with Gasteiger partial charge in [0.05, 0.1) is 12.0 Å². The van der Waals surface area contributed by atoms with Gasteiger partial charge in [-0.3, -0.25) is 4.72 Å². The second-order valence-electron chi connectivity index (χ2n) is 6.34. The minimum absolute atomic E-state index is 0.101. The Morgan fingerprint density at radius 1 is 1.19 bits per heavy atom. The Labute approximate surface area is 161 Å². The lowest BCUT2D eigenvalue weighted by molar-refractivity contribution is 0.0171. The van der Waals surface area contributed by atoms with E-state index in [1.807, 2.05) is 43.1 Å². The molecule has 0 fully saturated rings. The molecule has 2 heterocycles. The zero-order valence-corrected chi connectivity index (χ0v) is 16.4. The first kappa shape index (κ1) is 19.3. The third-order valence-electron chi connectivity index (χ3n) is 4.03. The molecule has 3 rings (SSSR count). The Hall–Kier alpha value is -2.45. The van der Waals surface area contributed by atoms with Gasteiger partial charge < -0.3 is 9.88 Å². The summed E-state index contributed by atoms with van der Waals surface area (Å²) in [6, 6.07) is 7.39. The van der Waals surface area contributed by atoms with E-state index in [2.05, 4.69) is 20.0 Å². The van der Waals surface area contributed by atoms with E-state index in [9.17, 15) is 8.78 Å². The molecule has 0 aliphatic heterocycles. The highest BCUT2D eigenvalue weighted by Crippen LogP contribution is 2.34. The Kier molecular flexibility index (Phi) is 5.48. The van der Waals surface area contributed by atoms with E-state index in [-0.39, 0.29) is 5.56 Å². The highest BCUT2D eigenvalue weighted by atomic mass is 32.2. The molecule has 27 heavy (non-hydrogen) atoms. The maximum atomic E-state index is 13.5. The molecule has 0 radical (unpaired) electrons. The molecule has 0 atom stereocenters. The fraction of sp³-hybridized carbons (Fsp3) is 0.263. The first-order chi connectivity index (χ1) is 12.8. The van der Waals surface area contributed by atoms with Gasteiger partial charge >= 0.3 is 0 Å². The largest absolute Gasteiger partial charge is 0.340 e. The Morgan fingerprint density at radius 3 is 2.56 bits per heavy atom. The smallest absolute Gasteiger partial charge is 0.272 e. The van der Waals surface area contributed by atoms with Gasteiger partial charge in [0.15, 0.2) is 0 Å². The summed E-state index contributed by atoms with van der Waals surface area (Å²) in [6.07, 6.45) is 4.87. The van der Waals surface area contributed by atoms with Crippen LogP contribution in [0.25, 0.3) is 11.3 Å². The number of hydrogen-bond donors (Lipinski definition) is 2. The average Bonchev–Trinajstić information content (AvgIpc) is 3.03. The van der Waals surface area contributed by atoms with Gasteiger partial charge in [0, 0.05) is 48.1 Å². The first-order valence-corrected chi connectivity index (χ1v) is 9.17. The van der Waals surface area contributed by atoms with Crippen LogP contribution in [0.2, 0.25) is 0 Å². The molecule has 0 saturated carbocycles. The van der Waals surface area contributed by atoms with Crippen molar-refractivity contribution in [3.8, 4) is 11.3 Å². The lowest BCUT2D eigenvalue weighted by Gasteiger charge is -2.16. The van der Waals surface area contributed by atoms with Crippen LogP contribution in [0.15, 0.2) is 47.9 Å². The molecule has 0 bridgehead atoms. The zero-order valence-electron chi connectivity index (χ0n) is 15.5. The number of benzene rings is 1. The number of nitrogens with one attached hydrogen (secondary N) is 2. The number of hydrogen-bond acceptors (Lipinski definition) is 5. The van der Waals surface area contributed by atoms with Crippen LogP contribution in [0.4, 0.5) is 20.3 Å². The van der Waals surface area contributed by atoms with Gasteiger partial charge in [0.2, 0.25) is 0 Å². The molecular weight excluding hydrogens is 368 g/mol. The van der Waals surface area contributed by atoms with Crippen molar-refractivity contribution < 1.29 is 8.78 Å². The predicted octanol–water partition coefficient (Wildman–Crippen LogP) is 4.87. The Balaban J connectivity index is 1.99. The maximum absolute atomic E-state index is 13.5. The van der Waals surface area contributed by atoms with Gasteiger partial charge in [0.25, 0.3) is 5.92 Å². The summed E-state index contributed by atoms with van der Waals surface area (Å²) in [5.74, 6) is -2.38. The molecule has 2 aromatic heterocycles. The first-order valence-electron chi connectivity index (χ1n) is 8.36. The number of imidazole rings is 1. The maximum Gasteiger partial charge on any atom is 0.272 e.